The van der Waals surface area contributed by atoms with Crippen molar-refractivity contribution in [3.63, 3.8) is 0 Å². The Kier molecular flexibility index (Phi) is 12.6. The summed E-state index contributed by atoms with van der Waals surface area (Å²) in [6.07, 6.45) is 1.40. The number of halogens is 1. The molecule has 3 N–H and O–H groups in total. The molecule has 132 valence electrons. The fraction of sp³-hybridized carbons (Fsp3) is 0.867. The van der Waals surface area contributed by atoms with E-state index < -0.39 is 11.7 Å². The Hall–Kier alpha value is -0.730. The molecule has 0 aromatic carbocycles. The highest BCUT2D eigenvalue weighted by Gasteiger charge is 2.19. The number of rotatable bonds is 7. The second-order valence-corrected chi connectivity index (χ2v) is 6.00. The van der Waals surface area contributed by atoms with Crippen molar-refractivity contribution in [1.29, 1.82) is 0 Å². The first-order chi connectivity index (χ1) is 9.73. The van der Waals surface area contributed by atoms with Crippen molar-refractivity contribution in [2.45, 2.75) is 66.0 Å². The number of nitrogens with two attached hydrogens (primary N) is 1. The lowest BCUT2D eigenvalue weighted by Crippen LogP contribution is -2.42. The molecule has 0 aromatic heterocycles. The lowest BCUT2D eigenvalue weighted by atomic mass is 10.1. The van der Waals surface area contributed by atoms with Gasteiger partial charge in [0.25, 0.3) is 0 Å². The van der Waals surface area contributed by atoms with Crippen LogP contribution >= 0.6 is 24.0 Å². The van der Waals surface area contributed by atoms with E-state index in [1.54, 1.807) is 0 Å². The van der Waals surface area contributed by atoms with Gasteiger partial charge in [-0.1, -0.05) is 13.3 Å². The van der Waals surface area contributed by atoms with Crippen LogP contribution in [-0.2, 0) is 4.74 Å². The van der Waals surface area contributed by atoms with Gasteiger partial charge in [0.1, 0.15) is 5.60 Å². The molecule has 7 heteroatoms. The Morgan fingerprint density at radius 3 is 2.23 bits per heavy atom. The van der Waals surface area contributed by atoms with Gasteiger partial charge in [-0.25, -0.2) is 4.79 Å². The first-order valence-corrected chi connectivity index (χ1v) is 7.77. The van der Waals surface area contributed by atoms with E-state index in [-0.39, 0.29) is 30.0 Å². The Morgan fingerprint density at radius 2 is 1.82 bits per heavy atom. The summed E-state index contributed by atoms with van der Waals surface area (Å²) in [4.78, 5) is 18.2. The molecule has 0 aliphatic carbocycles. The summed E-state index contributed by atoms with van der Waals surface area (Å²) in [5.41, 5.74) is 5.45. The number of amides is 1. The number of aliphatic imine (C=N–C) groups is 1. The molecule has 0 aliphatic rings. The number of nitrogens with one attached hydrogen (secondary N) is 1. The SMILES string of the molecule is CCCC(CN=C(N)N(CC)CC)NC(=O)OC(C)(C)C.I. The molecule has 0 spiro atoms. The predicted molar refractivity (Wildman–Crippen MR) is 103 cm³/mol. The molecule has 0 saturated carbocycles. The average Bonchev–Trinajstić information content (AvgIpc) is 2.35. The highest BCUT2D eigenvalue weighted by molar-refractivity contribution is 14.0. The number of hydrogen-bond acceptors (Lipinski definition) is 3. The molecule has 0 heterocycles. The predicted octanol–water partition coefficient (Wildman–Crippen LogP) is 2.95. The summed E-state index contributed by atoms with van der Waals surface area (Å²) in [5.74, 6) is 0.520. The van der Waals surface area contributed by atoms with Crippen molar-refractivity contribution in [3.8, 4) is 0 Å². The molecule has 1 unspecified atom stereocenters. The van der Waals surface area contributed by atoms with E-state index in [9.17, 15) is 4.79 Å². The van der Waals surface area contributed by atoms with E-state index >= 15 is 0 Å². The molecular weight excluding hydrogens is 395 g/mol. The topological polar surface area (TPSA) is 80.0 Å². The van der Waals surface area contributed by atoms with Crippen molar-refractivity contribution >= 4 is 36.0 Å². The fourth-order valence-electron chi connectivity index (χ4n) is 1.88. The van der Waals surface area contributed by atoms with Gasteiger partial charge < -0.3 is 20.7 Å². The summed E-state index contributed by atoms with van der Waals surface area (Å²) in [5, 5.41) is 2.86. The molecular formula is C15H33IN4O2. The third-order valence-electron chi connectivity index (χ3n) is 2.92. The molecule has 0 radical (unpaired) electrons. The number of carbonyl (C=O) groups excluding carboxylic acids is 1. The Morgan fingerprint density at radius 1 is 1.27 bits per heavy atom. The van der Waals surface area contributed by atoms with Gasteiger partial charge in [0, 0.05) is 13.1 Å². The zero-order valence-electron chi connectivity index (χ0n) is 14.8. The number of guanidine groups is 1. The highest BCUT2D eigenvalue weighted by atomic mass is 127. The minimum Gasteiger partial charge on any atom is -0.444 e. The summed E-state index contributed by atoms with van der Waals surface area (Å²) in [6, 6.07) is -0.0565. The highest BCUT2D eigenvalue weighted by Crippen LogP contribution is 2.08. The Labute approximate surface area is 152 Å². The largest absolute Gasteiger partial charge is 0.444 e. The van der Waals surface area contributed by atoms with Gasteiger partial charge in [0.15, 0.2) is 5.96 Å². The lowest BCUT2D eigenvalue weighted by molar-refractivity contribution is 0.0503. The van der Waals surface area contributed by atoms with Crippen molar-refractivity contribution < 1.29 is 9.53 Å². The van der Waals surface area contributed by atoms with Gasteiger partial charge in [-0.2, -0.15) is 0 Å². The van der Waals surface area contributed by atoms with Gasteiger partial charge in [-0.15, -0.1) is 24.0 Å². The molecule has 0 saturated heterocycles. The third-order valence-corrected chi connectivity index (χ3v) is 2.92. The maximum absolute atomic E-state index is 11.8. The van der Waals surface area contributed by atoms with Gasteiger partial charge >= 0.3 is 6.09 Å². The van der Waals surface area contributed by atoms with Crippen LogP contribution in [0.1, 0.15) is 54.4 Å². The van der Waals surface area contributed by atoms with Crippen LogP contribution in [0.4, 0.5) is 4.79 Å². The van der Waals surface area contributed by atoms with Crippen LogP contribution < -0.4 is 11.1 Å². The van der Waals surface area contributed by atoms with Gasteiger partial charge in [0.2, 0.25) is 0 Å². The van der Waals surface area contributed by atoms with Crippen molar-refractivity contribution in [2.24, 2.45) is 10.7 Å². The van der Waals surface area contributed by atoms with E-state index in [4.69, 9.17) is 10.5 Å². The summed E-state index contributed by atoms with van der Waals surface area (Å²) in [7, 11) is 0. The van der Waals surface area contributed by atoms with E-state index in [1.165, 1.54) is 0 Å². The molecule has 0 rings (SSSR count). The van der Waals surface area contributed by atoms with Crippen molar-refractivity contribution in [2.75, 3.05) is 19.6 Å². The average molecular weight is 428 g/mol. The maximum Gasteiger partial charge on any atom is 0.407 e. The van der Waals surface area contributed by atoms with E-state index in [0.717, 1.165) is 25.9 Å². The van der Waals surface area contributed by atoms with Crippen molar-refractivity contribution in [3.05, 3.63) is 0 Å². The van der Waals surface area contributed by atoms with Crippen LogP contribution in [0.25, 0.3) is 0 Å². The fourth-order valence-corrected chi connectivity index (χ4v) is 1.88. The monoisotopic (exact) mass is 428 g/mol. The molecule has 1 amide bonds. The first-order valence-electron chi connectivity index (χ1n) is 7.77. The van der Waals surface area contributed by atoms with Gasteiger partial charge in [0.05, 0.1) is 12.6 Å². The number of hydrogen-bond donors (Lipinski definition) is 2. The second kappa shape index (κ2) is 11.8. The van der Waals surface area contributed by atoms with E-state index in [0.29, 0.717) is 12.5 Å². The van der Waals surface area contributed by atoms with E-state index in [1.807, 2.05) is 39.5 Å². The lowest BCUT2D eigenvalue weighted by Gasteiger charge is -2.24. The molecule has 1 atom stereocenters. The maximum atomic E-state index is 11.8. The Balaban J connectivity index is 0. The summed E-state index contributed by atoms with van der Waals surface area (Å²) >= 11 is 0. The first kappa shape index (κ1) is 23.5. The molecule has 0 fully saturated rings. The number of nitrogens with zero attached hydrogens (tertiary/aromatic N) is 2. The van der Waals surface area contributed by atoms with Crippen LogP contribution in [0.15, 0.2) is 4.99 Å². The zero-order valence-corrected chi connectivity index (χ0v) is 17.1. The molecule has 0 aromatic rings. The van der Waals surface area contributed by atoms with Crippen molar-refractivity contribution in [1.82, 2.24) is 10.2 Å². The summed E-state index contributed by atoms with van der Waals surface area (Å²) in [6.45, 7) is 13.8. The smallest absolute Gasteiger partial charge is 0.407 e. The minimum absolute atomic E-state index is 0. The molecule has 0 bridgehead atoms. The second-order valence-electron chi connectivity index (χ2n) is 6.00. The van der Waals surface area contributed by atoms with E-state index in [2.05, 4.69) is 17.2 Å². The normalized spacial score (nSPS) is 13.1. The third kappa shape index (κ3) is 10.9. The van der Waals surface area contributed by atoms with Crippen LogP contribution in [-0.4, -0.2) is 48.2 Å². The quantitative estimate of drug-likeness (QED) is 0.371. The Bertz CT molecular complexity index is 339. The number of alkyl carbamates (subject to hydrolysis) is 1. The molecule has 22 heavy (non-hydrogen) atoms. The summed E-state index contributed by atoms with van der Waals surface area (Å²) < 4.78 is 5.27. The number of ether oxygens (including phenoxy) is 1. The molecule has 0 aliphatic heterocycles. The van der Waals surface area contributed by atoms with Crippen LogP contribution in [0.3, 0.4) is 0 Å². The zero-order chi connectivity index (χ0) is 16.5. The molecule has 6 nitrogen and oxygen atoms in total. The van der Waals surface area contributed by atoms with Gasteiger partial charge in [-0.3, -0.25) is 4.99 Å². The standard InChI is InChI=1S/C15H32N4O2.HI/c1-7-10-12(18-14(20)21-15(4,5)6)11-17-13(16)19(8-2)9-3;/h12H,7-11H2,1-6H3,(H2,16,17)(H,18,20);1H. The minimum atomic E-state index is -0.496. The van der Waals surface area contributed by atoms with Crippen LogP contribution in [0.2, 0.25) is 0 Å². The number of carbonyl (C=O) groups is 1. The van der Waals surface area contributed by atoms with Crippen LogP contribution in [0.5, 0.6) is 0 Å². The van der Waals surface area contributed by atoms with Gasteiger partial charge in [-0.05, 0) is 41.0 Å². The van der Waals surface area contributed by atoms with Crippen LogP contribution in [0, 0.1) is 0 Å².